The molecule has 0 aliphatic heterocycles. The molecule has 3 nitrogen and oxygen atoms in total. The molecule has 0 amide bonds. The fourth-order valence-corrected chi connectivity index (χ4v) is 1.07. The fraction of sp³-hybridized carbons (Fsp3) is 0.273. The van der Waals surface area contributed by atoms with Gasteiger partial charge in [0.15, 0.2) is 0 Å². The minimum atomic E-state index is 0.619. The summed E-state index contributed by atoms with van der Waals surface area (Å²) in [5, 5.41) is 11.8. The van der Waals surface area contributed by atoms with Crippen LogP contribution in [0.5, 0.6) is 0 Å². The van der Waals surface area contributed by atoms with Crippen LogP contribution in [0.1, 0.15) is 17.7 Å². The number of hydrogen-bond donors (Lipinski definition) is 1. The third kappa shape index (κ3) is 3.00. The molecule has 0 spiro atoms. The van der Waals surface area contributed by atoms with Crippen molar-refractivity contribution in [2.24, 2.45) is 0 Å². The lowest BCUT2D eigenvalue weighted by molar-refractivity contribution is 0.809. The maximum absolute atomic E-state index is 8.78. The van der Waals surface area contributed by atoms with Crippen LogP contribution in [0.25, 0.3) is 6.08 Å². The second-order valence-corrected chi connectivity index (χ2v) is 2.84. The van der Waals surface area contributed by atoms with Crippen LogP contribution < -0.4 is 5.32 Å². The summed E-state index contributed by atoms with van der Waals surface area (Å²) in [7, 11) is 1.91. The Labute approximate surface area is 84.1 Å². The minimum Gasteiger partial charge on any atom is -0.319 e. The van der Waals surface area contributed by atoms with Gasteiger partial charge in [0, 0.05) is 6.20 Å². The average molecular weight is 187 g/mol. The molecule has 1 rings (SSSR count). The molecule has 1 aromatic heterocycles. The molecule has 0 radical (unpaired) electrons. The molecule has 0 aliphatic rings. The van der Waals surface area contributed by atoms with Crippen LogP contribution in [0, 0.1) is 11.3 Å². The van der Waals surface area contributed by atoms with Crippen LogP contribution >= 0.6 is 0 Å². The molecule has 1 aromatic rings. The van der Waals surface area contributed by atoms with Gasteiger partial charge in [-0.1, -0.05) is 6.08 Å². The van der Waals surface area contributed by atoms with E-state index in [0.717, 1.165) is 18.7 Å². The first-order chi connectivity index (χ1) is 6.88. The highest BCUT2D eigenvalue weighted by molar-refractivity contribution is 5.53. The van der Waals surface area contributed by atoms with Crippen molar-refractivity contribution in [3.8, 4) is 6.07 Å². The second kappa shape index (κ2) is 5.90. The summed E-state index contributed by atoms with van der Waals surface area (Å²) < 4.78 is 0. The number of nitrogens with one attached hydrogen (secondary N) is 1. The molecular formula is C11H13N3. The van der Waals surface area contributed by atoms with Gasteiger partial charge in [-0.05, 0) is 38.2 Å². The van der Waals surface area contributed by atoms with Crippen LogP contribution in [0.3, 0.4) is 0 Å². The van der Waals surface area contributed by atoms with Gasteiger partial charge in [-0.2, -0.15) is 5.26 Å². The third-order valence-corrected chi connectivity index (χ3v) is 1.80. The number of rotatable bonds is 4. The number of nitriles is 1. The van der Waals surface area contributed by atoms with Crippen LogP contribution in [0.15, 0.2) is 24.4 Å². The van der Waals surface area contributed by atoms with Crippen molar-refractivity contribution in [1.29, 1.82) is 5.26 Å². The van der Waals surface area contributed by atoms with Crippen molar-refractivity contribution in [2.75, 3.05) is 13.6 Å². The lowest BCUT2D eigenvalue weighted by Gasteiger charge is -1.95. The number of hydrogen-bond acceptors (Lipinski definition) is 3. The van der Waals surface area contributed by atoms with E-state index < -0.39 is 0 Å². The normalized spacial score (nSPS) is 10.3. The summed E-state index contributed by atoms with van der Waals surface area (Å²) in [5.41, 5.74) is 1.36. The Morgan fingerprint density at radius 2 is 2.50 bits per heavy atom. The van der Waals surface area contributed by atoms with Gasteiger partial charge in [-0.3, -0.25) is 4.98 Å². The standard InChI is InChI=1S/C11H13N3/c1-13-7-3-2-6-11-10(9-12)5-4-8-14-11/h2,4-6,8,13H,3,7H2,1H3. The molecular weight excluding hydrogens is 174 g/mol. The molecule has 0 bridgehead atoms. The highest BCUT2D eigenvalue weighted by Crippen LogP contribution is 2.05. The molecule has 72 valence electrons. The molecule has 1 N–H and O–H groups in total. The van der Waals surface area contributed by atoms with Crippen molar-refractivity contribution in [1.82, 2.24) is 10.3 Å². The molecule has 0 unspecified atom stereocenters. The molecule has 0 aliphatic carbocycles. The molecule has 0 saturated heterocycles. The first-order valence-electron chi connectivity index (χ1n) is 4.54. The Morgan fingerprint density at radius 1 is 1.64 bits per heavy atom. The monoisotopic (exact) mass is 187 g/mol. The lowest BCUT2D eigenvalue weighted by atomic mass is 10.2. The van der Waals surface area contributed by atoms with E-state index in [2.05, 4.69) is 16.4 Å². The Bertz CT molecular complexity index is 350. The molecule has 0 saturated carbocycles. The van der Waals surface area contributed by atoms with E-state index in [-0.39, 0.29) is 0 Å². The van der Waals surface area contributed by atoms with Crippen molar-refractivity contribution in [2.45, 2.75) is 6.42 Å². The van der Waals surface area contributed by atoms with Crippen molar-refractivity contribution in [3.63, 3.8) is 0 Å². The zero-order valence-corrected chi connectivity index (χ0v) is 8.20. The SMILES string of the molecule is CNCCC=Cc1ncccc1C#N. The Kier molecular flexibility index (Phi) is 4.39. The predicted molar refractivity (Wildman–Crippen MR) is 56.5 cm³/mol. The first-order valence-corrected chi connectivity index (χ1v) is 4.54. The van der Waals surface area contributed by atoms with Gasteiger partial charge in [-0.25, -0.2) is 0 Å². The largest absolute Gasteiger partial charge is 0.319 e. The van der Waals surface area contributed by atoms with Gasteiger partial charge in [0.1, 0.15) is 6.07 Å². The third-order valence-electron chi connectivity index (χ3n) is 1.80. The summed E-state index contributed by atoms with van der Waals surface area (Å²) in [6.45, 7) is 0.936. The molecule has 1 heterocycles. The maximum atomic E-state index is 8.78. The lowest BCUT2D eigenvalue weighted by Crippen LogP contribution is -2.05. The molecule has 0 fully saturated rings. The second-order valence-electron chi connectivity index (χ2n) is 2.84. The molecule has 0 atom stereocenters. The Morgan fingerprint density at radius 3 is 3.21 bits per heavy atom. The summed E-state index contributed by atoms with van der Waals surface area (Å²) >= 11 is 0. The first kappa shape index (κ1) is 10.4. The van der Waals surface area contributed by atoms with Crippen LogP contribution in [0.2, 0.25) is 0 Å². The highest BCUT2D eigenvalue weighted by Gasteiger charge is 1.96. The quantitative estimate of drug-likeness (QED) is 0.728. The van der Waals surface area contributed by atoms with Gasteiger partial charge in [0.05, 0.1) is 11.3 Å². The summed E-state index contributed by atoms with van der Waals surface area (Å²) in [6, 6.07) is 5.64. The Balaban J connectivity index is 2.67. The molecule has 0 aromatic carbocycles. The fourth-order valence-electron chi connectivity index (χ4n) is 1.07. The summed E-state index contributed by atoms with van der Waals surface area (Å²) in [6.07, 6.45) is 6.53. The zero-order valence-electron chi connectivity index (χ0n) is 8.20. The zero-order chi connectivity index (χ0) is 10.2. The predicted octanol–water partition coefficient (Wildman–Crippen LogP) is 1.58. The van der Waals surface area contributed by atoms with E-state index in [4.69, 9.17) is 5.26 Å². The van der Waals surface area contributed by atoms with Crippen molar-refractivity contribution < 1.29 is 0 Å². The van der Waals surface area contributed by atoms with Crippen molar-refractivity contribution in [3.05, 3.63) is 35.7 Å². The maximum Gasteiger partial charge on any atom is 0.101 e. The van der Waals surface area contributed by atoms with E-state index in [0.29, 0.717) is 5.56 Å². The van der Waals surface area contributed by atoms with E-state index in [1.165, 1.54) is 0 Å². The highest BCUT2D eigenvalue weighted by atomic mass is 14.8. The number of nitrogens with zero attached hydrogens (tertiary/aromatic N) is 2. The van der Waals surface area contributed by atoms with E-state index in [1.807, 2.05) is 19.2 Å². The summed E-state index contributed by atoms with van der Waals surface area (Å²) in [4.78, 5) is 4.12. The Hall–Kier alpha value is -1.66. The van der Waals surface area contributed by atoms with Crippen molar-refractivity contribution >= 4 is 6.08 Å². The van der Waals surface area contributed by atoms with Gasteiger partial charge >= 0.3 is 0 Å². The van der Waals surface area contributed by atoms with E-state index in [1.54, 1.807) is 18.3 Å². The number of aromatic nitrogens is 1. The number of pyridine rings is 1. The smallest absolute Gasteiger partial charge is 0.101 e. The summed E-state index contributed by atoms with van der Waals surface area (Å²) in [5.74, 6) is 0. The van der Waals surface area contributed by atoms with Gasteiger partial charge in [-0.15, -0.1) is 0 Å². The van der Waals surface area contributed by atoms with Gasteiger partial charge < -0.3 is 5.32 Å². The minimum absolute atomic E-state index is 0.619. The molecule has 3 heteroatoms. The average Bonchev–Trinajstić information content (AvgIpc) is 2.25. The molecule has 14 heavy (non-hydrogen) atoms. The van der Waals surface area contributed by atoms with E-state index >= 15 is 0 Å². The topological polar surface area (TPSA) is 48.7 Å². The van der Waals surface area contributed by atoms with Gasteiger partial charge in [0.2, 0.25) is 0 Å². The van der Waals surface area contributed by atoms with E-state index in [9.17, 15) is 0 Å². The van der Waals surface area contributed by atoms with Crippen LogP contribution in [0.4, 0.5) is 0 Å². The van der Waals surface area contributed by atoms with Gasteiger partial charge in [0.25, 0.3) is 0 Å². The van der Waals surface area contributed by atoms with Crippen LogP contribution in [-0.2, 0) is 0 Å². The van der Waals surface area contributed by atoms with Crippen LogP contribution in [-0.4, -0.2) is 18.6 Å².